The molecule has 5 aromatic rings. The summed E-state index contributed by atoms with van der Waals surface area (Å²) in [7, 11) is 0. The third-order valence-corrected chi connectivity index (χ3v) is 29.4. The van der Waals surface area contributed by atoms with Crippen LogP contribution in [0.4, 0.5) is 54.8 Å². The minimum absolute atomic E-state index is 0.550. The van der Waals surface area contributed by atoms with E-state index in [4.69, 9.17) is 4.74 Å². The van der Waals surface area contributed by atoms with Crippen LogP contribution in [-0.2, 0) is 12.4 Å². The van der Waals surface area contributed by atoms with Crippen LogP contribution in [0.25, 0.3) is 0 Å². The molecule has 0 amide bonds. The highest BCUT2D eigenvalue weighted by atomic mass is 19.4. The summed E-state index contributed by atoms with van der Waals surface area (Å²) in [5, 5.41) is 0. The van der Waals surface area contributed by atoms with Crippen LogP contribution in [0.15, 0.2) is 158 Å². The Kier molecular flexibility index (Phi) is 24.9. The lowest BCUT2D eigenvalue weighted by Crippen LogP contribution is -2.51. The van der Waals surface area contributed by atoms with Gasteiger partial charge in [0.1, 0.15) is 5.75 Å². The molecular weight excluding hydrogens is 1400 g/mol. The van der Waals surface area contributed by atoms with Crippen LogP contribution >= 0.6 is 0 Å². The van der Waals surface area contributed by atoms with Crippen molar-refractivity contribution in [2.45, 2.75) is 135 Å². The Labute approximate surface area is 660 Å². The zero-order chi connectivity index (χ0) is 76.2. The van der Waals surface area contributed by atoms with E-state index in [0.717, 1.165) is 185 Å². The number of allylic oxidation sites excluding steroid dienone is 6. The van der Waals surface area contributed by atoms with Crippen LogP contribution in [0, 0.1) is 90.8 Å². The number of nitrogens with zero attached hydrogens (tertiary/aromatic N) is 10. The minimum atomic E-state index is -4.27. The van der Waals surface area contributed by atoms with Crippen molar-refractivity contribution >= 4 is 28.4 Å². The molecule has 15 atom stereocenters. The van der Waals surface area contributed by atoms with E-state index in [2.05, 4.69) is 179 Å². The maximum absolute atomic E-state index is 12.9. The summed E-state index contributed by atoms with van der Waals surface area (Å²) in [5.41, 5.74) is 7.25. The summed E-state index contributed by atoms with van der Waals surface area (Å²) in [4.78, 5) is 25.1. The Hall–Kier alpha value is -6.50. The summed E-state index contributed by atoms with van der Waals surface area (Å²) >= 11 is 0. The standard InChI is InChI=1S/C20H28N2O.C20H28N2.C19H23F3N2.C18H23F3N2.C17H24N2/c1-2-23-20-6-4-3-5-19(20)22-11-9-21(10-12-22)15-18-14-16-7-8-17(18)13-16;1-15-4-3-5-20(16(15)2)22-10-8-21(9-11-22)14-19-13-17-6-7-18(19)12-17;20-19(21,22)17-2-1-3-18(12-17)24-8-6-23(7-9-24)13-16-11-14-4-5-15(16)10-14;19-18(20,21)15-2-1-3-16(12-15)22-6-8-23(9-7-22)17-11-13-4-5-14(17)10-13;1-2-4-16(5-3-1)18-8-10-19(11-9-18)17-13-14-6-7-15(17)12-14/h3-8,16-18H,2,9-15H2,1H3;3-7,17-19H,8-14H2,1-2H3;1-5,12,14-16H,6-11,13H2;1-3,12-14,17H,4-11H2;1-5,14-15,17H,6-13H2. The first-order valence-electron chi connectivity index (χ1n) is 43.6. The van der Waals surface area contributed by atoms with E-state index < -0.39 is 23.5 Å². The van der Waals surface area contributed by atoms with Gasteiger partial charge < -0.3 is 29.2 Å². The van der Waals surface area contributed by atoms with Gasteiger partial charge in [-0.3, -0.25) is 24.5 Å². The number of alkyl halides is 6. The molecule has 5 saturated heterocycles. The fraction of sp³-hybridized carbons (Fsp3) is 0.617. The number of benzene rings is 5. The minimum Gasteiger partial charge on any atom is -0.492 e. The number of halogens is 6. The third-order valence-electron chi connectivity index (χ3n) is 29.4. The van der Waals surface area contributed by atoms with E-state index in [1.54, 1.807) is 12.1 Å². The SMILES string of the molecule is CCOc1ccccc1N1CCN(CC2CC3C=CC2C3)CC1.Cc1cccc(N2CCN(CC3CC4C=CC3C4)CC2)c1C.FC(F)(F)c1cccc(N2CCN(C3CC4CCC3C4)CC2)c1.FC(F)(F)c1cccc(N2CCN(CC3CC4C=CC3C4)CC2)c1.c1ccc(N2CCN(C3CC4CCC3C4)CC2)cc1. The largest absolute Gasteiger partial charge is 0.492 e. The molecule has 7 saturated carbocycles. The van der Waals surface area contributed by atoms with Crippen molar-refractivity contribution in [1.29, 1.82) is 0 Å². The Morgan fingerprint density at radius 2 is 0.730 bits per heavy atom. The first kappa shape index (κ1) is 78.4. The predicted molar refractivity (Wildman–Crippen MR) is 441 cm³/mol. The first-order chi connectivity index (χ1) is 53.9. The predicted octanol–water partition coefficient (Wildman–Crippen LogP) is 18.1. The molecule has 600 valence electrons. The number of fused-ring (bicyclic) bond motifs is 10. The van der Waals surface area contributed by atoms with E-state index in [1.165, 1.54) is 221 Å². The normalized spacial score (nSPS) is 31.5. The zero-order valence-corrected chi connectivity index (χ0v) is 66.7. The van der Waals surface area contributed by atoms with E-state index in [9.17, 15) is 26.3 Å². The van der Waals surface area contributed by atoms with Crippen molar-refractivity contribution in [3.05, 3.63) is 180 Å². The van der Waals surface area contributed by atoms with E-state index in [1.807, 2.05) is 0 Å². The van der Waals surface area contributed by atoms with Crippen LogP contribution in [0.1, 0.15) is 119 Å². The Morgan fingerprint density at radius 1 is 0.351 bits per heavy atom. The van der Waals surface area contributed by atoms with Gasteiger partial charge in [-0.05, 0) is 253 Å². The highest BCUT2D eigenvalue weighted by molar-refractivity contribution is 5.59. The van der Waals surface area contributed by atoms with Gasteiger partial charge in [0.2, 0.25) is 0 Å². The van der Waals surface area contributed by atoms with E-state index >= 15 is 0 Å². The second-order valence-corrected chi connectivity index (χ2v) is 36.1. The molecule has 12 fully saturated rings. The molecule has 10 aliphatic carbocycles. The van der Waals surface area contributed by atoms with Gasteiger partial charge in [0, 0.05) is 185 Å². The fourth-order valence-corrected chi connectivity index (χ4v) is 23.3. The van der Waals surface area contributed by atoms with Crippen molar-refractivity contribution in [2.24, 2.45) is 76.9 Å². The number of piperazine rings is 5. The molecule has 5 aromatic carbocycles. The average molecular weight is 1530 g/mol. The number of ether oxygens (including phenoxy) is 1. The lowest BCUT2D eigenvalue weighted by Gasteiger charge is -2.42. The first-order valence-corrected chi connectivity index (χ1v) is 43.6. The smallest absolute Gasteiger partial charge is 0.416 e. The number of anilines is 5. The van der Waals surface area contributed by atoms with Gasteiger partial charge in [-0.25, -0.2) is 0 Å². The molecule has 0 aromatic heterocycles. The van der Waals surface area contributed by atoms with E-state index in [0.29, 0.717) is 11.4 Å². The molecule has 20 rings (SSSR count). The highest BCUT2D eigenvalue weighted by Gasteiger charge is 2.46. The Morgan fingerprint density at radius 3 is 1.12 bits per heavy atom. The molecule has 0 N–H and O–H groups in total. The third kappa shape index (κ3) is 19.1. The van der Waals surface area contributed by atoms with E-state index in [-0.39, 0.29) is 0 Å². The topological polar surface area (TPSA) is 41.6 Å². The summed E-state index contributed by atoms with van der Waals surface area (Å²) in [6.45, 7) is 32.5. The summed E-state index contributed by atoms with van der Waals surface area (Å²) in [5.74, 6) is 12.7. The second kappa shape index (κ2) is 35.3. The molecule has 5 aliphatic heterocycles. The maximum Gasteiger partial charge on any atom is 0.416 e. The number of rotatable bonds is 15. The fourth-order valence-electron chi connectivity index (χ4n) is 23.3. The van der Waals surface area contributed by atoms with Crippen LogP contribution in [0.5, 0.6) is 5.75 Å². The van der Waals surface area contributed by atoms with Crippen molar-refractivity contribution in [3.63, 3.8) is 0 Å². The molecule has 5 heterocycles. The van der Waals surface area contributed by atoms with Gasteiger partial charge >= 0.3 is 12.4 Å². The van der Waals surface area contributed by atoms with Gasteiger partial charge in [0.15, 0.2) is 0 Å². The van der Waals surface area contributed by atoms with Gasteiger partial charge in [-0.1, -0.05) is 104 Å². The maximum atomic E-state index is 12.9. The Bertz CT molecular complexity index is 3900. The number of para-hydroxylation sites is 3. The molecular formula is C94H126F6N10O. The monoisotopic (exact) mass is 1530 g/mol. The van der Waals surface area contributed by atoms with Crippen LogP contribution in [0.2, 0.25) is 0 Å². The summed E-state index contributed by atoms with van der Waals surface area (Å²) in [6, 6.07) is 39.2. The Balaban J connectivity index is 0.000000105. The van der Waals surface area contributed by atoms with Crippen LogP contribution < -0.4 is 29.2 Å². The highest BCUT2D eigenvalue weighted by Crippen LogP contribution is 2.50. The van der Waals surface area contributed by atoms with Gasteiger partial charge in [-0.15, -0.1) is 0 Å². The van der Waals surface area contributed by atoms with Crippen molar-refractivity contribution in [1.82, 2.24) is 24.5 Å². The van der Waals surface area contributed by atoms with Gasteiger partial charge in [0.25, 0.3) is 0 Å². The second-order valence-electron chi connectivity index (χ2n) is 36.1. The molecule has 111 heavy (non-hydrogen) atoms. The molecule has 17 heteroatoms. The average Bonchev–Trinajstić information content (AvgIpc) is 1.71. The van der Waals surface area contributed by atoms with Crippen molar-refractivity contribution < 1.29 is 31.1 Å². The van der Waals surface area contributed by atoms with Crippen molar-refractivity contribution in [3.8, 4) is 5.75 Å². The molecule has 15 aliphatic rings. The van der Waals surface area contributed by atoms with Crippen molar-refractivity contribution in [2.75, 3.05) is 182 Å². The summed E-state index contributed by atoms with van der Waals surface area (Å²) < 4.78 is 83.0. The quantitative estimate of drug-likeness (QED) is 0.0744. The zero-order valence-electron chi connectivity index (χ0n) is 66.7. The molecule has 15 unspecified atom stereocenters. The van der Waals surface area contributed by atoms with Crippen LogP contribution in [0.3, 0.4) is 0 Å². The number of hydrogen-bond donors (Lipinski definition) is 0. The number of aryl methyl sites for hydroxylation is 1. The number of hydrogen-bond acceptors (Lipinski definition) is 11. The van der Waals surface area contributed by atoms with Gasteiger partial charge in [0.05, 0.1) is 23.4 Å². The molecule has 0 radical (unpaired) electrons. The molecule has 11 nitrogen and oxygen atoms in total. The molecule has 0 spiro atoms. The van der Waals surface area contributed by atoms with Crippen LogP contribution in [-0.4, -0.2) is 194 Å². The summed E-state index contributed by atoms with van der Waals surface area (Å²) in [6.07, 6.45) is 26.1. The molecule has 10 bridgehead atoms. The lowest BCUT2D eigenvalue weighted by molar-refractivity contribution is -0.138. The van der Waals surface area contributed by atoms with Gasteiger partial charge in [-0.2, -0.15) is 26.3 Å². The lowest BCUT2D eigenvalue weighted by atomic mass is 9.93.